The molecular formula is C16H18N4O2. The average Bonchev–Trinajstić information content (AvgIpc) is 2.85. The molecule has 0 saturated heterocycles. The van der Waals surface area contributed by atoms with Crippen LogP contribution in [0.5, 0.6) is 0 Å². The molecule has 1 heterocycles. The number of amides is 3. The van der Waals surface area contributed by atoms with Gasteiger partial charge in [-0.3, -0.25) is 4.79 Å². The predicted octanol–water partition coefficient (Wildman–Crippen LogP) is 1.10. The van der Waals surface area contributed by atoms with Gasteiger partial charge in [0, 0.05) is 0 Å². The van der Waals surface area contributed by atoms with E-state index in [1.54, 1.807) is 0 Å². The maximum Gasteiger partial charge on any atom is 0.323 e. The smallest absolute Gasteiger partial charge is 0.323 e. The van der Waals surface area contributed by atoms with E-state index in [1.165, 1.54) is 5.56 Å². The summed E-state index contributed by atoms with van der Waals surface area (Å²) in [5, 5.41) is 7.80. The highest BCUT2D eigenvalue weighted by Gasteiger charge is 2.28. The normalized spacial score (nSPS) is 20.3. The molecule has 22 heavy (non-hydrogen) atoms. The molecule has 0 aromatic heterocycles. The van der Waals surface area contributed by atoms with Crippen LogP contribution in [0.25, 0.3) is 0 Å². The molecular weight excluding hydrogens is 280 g/mol. The van der Waals surface area contributed by atoms with Crippen LogP contribution >= 0.6 is 0 Å². The summed E-state index contributed by atoms with van der Waals surface area (Å²) < 4.78 is 0. The zero-order chi connectivity index (χ0) is 15.9. The van der Waals surface area contributed by atoms with E-state index >= 15 is 0 Å². The number of carbonyl (C=O) groups is 2. The first-order valence-corrected chi connectivity index (χ1v) is 7.13. The third-order valence-corrected chi connectivity index (χ3v) is 4.01. The van der Waals surface area contributed by atoms with Crippen molar-refractivity contribution in [2.75, 3.05) is 0 Å². The van der Waals surface area contributed by atoms with Gasteiger partial charge in [-0.1, -0.05) is 30.3 Å². The lowest BCUT2D eigenvalue weighted by Crippen LogP contribution is -2.47. The quantitative estimate of drug-likeness (QED) is 0.658. The fourth-order valence-corrected chi connectivity index (χ4v) is 2.85. The summed E-state index contributed by atoms with van der Waals surface area (Å²) in [5.74, 6) is -0.396. The summed E-state index contributed by atoms with van der Waals surface area (Å²) in [4.78, 5) is 23.9. The number of benzene rings is 1. The minimum Gasteiger partial charge on any atom is -0.395 e. The molecule has 0 bridgehead atoms. The molecule has 3 amide bonds. The Labute approximate surface area is 128 Å². The maximum absolute atomic E-state index is 12.4. The number of fused-ring (bicyclic) bond motifs is 1. The Bertz CT molecular complexity index is 721. The highest BCUT2D eigenvalue weighted by atomic mass is 16.2. The molecule has 6 nitrogen and oxygen atoms in total. The van der Waals surface area contributed by atoms with Crippen LogP contribution in [0, 0.1) is 6.92 Å². The van der Waals surface area contributed by atoms with Gasteiger partial charge in [-0.15, -0.1) is 0 Å². The van der Waals surface area contributed by atoms with Crippen molar-refractivity contribution >= 4 is 11.9 Å². The second-order valence-corrected chi connectivity index (χ2v) is 5.61. The third kappa shape index (κ3) is 2.43. The minimum absolute atomic E-state index is 0.0508. The molecule has 2 aliphatic rings. The number of urea groups is 1. The second kappa shape index (κ2) is 5.22. The molecule has 1 atom stereocenters. The number of nitrogens with two attached hydrogens (primary N) is 1. The molecule has 0 unspecified atom stereocenters. The van der Waals surface area contributed by atoms with Crippen LogP contribution in [-0.2, 0) is 11.2 Å². The van der Waals surface area contributed by atoms with E-state index in [2.05, 4.69) is 40.7 Å². The third-order valence-electron chi connectivity index (χ3n) is 4.01. The lowest BCUT2D eigenvalue weighted by atomic mass is 10.0. The van der Waals surface area contributed by atoms with Crippen LogP contribution in [0.3, 0.4) is 0 Å². The van der Waals surface area contributed by atoms with Gasteiger partial charge in [-0.2, -0.15) is 0 Å². The molecule has 1 aliphatic heterocycles. The first-order chi connectivity index (χ1) is 10.5. The topological polar surface area (TPSA) is 96.2 Å². The summed E-state index contributed by atoms with van der Waals surface area (Å²) in [6, 6.07) is 5.68. The SMILES string of the molecule is C=C1NC(=O)NC(C(=O)N[C@@H]2CCc3ccc(C)cc32)=C1N. The molecule has 0 radical (unpaired) electrons. The Morgan fingerprint density at radius 1 is 1.41 bits per heavy atom. The monoisotopic (exact) mass is 298 g/mol. The molecule has 6 heteroatoms. The number of hydrogen-bond donors (Lipinski definition) is 4. The highest BCUT2D eigenvalue weighted by molar-refractivity contribution is 6.00. The standard InChI is InChI=1S/C16H18N4O2/c1-8-3-4-10-5-6-12(11(10)7-8)19-15(21)14-13(17)9(2)18-16(22)20-14/h3-4,7,12H,2,5-6,17H2,1H3,(H,19,21)(H2,18,20,22)/t12-/m1/s1. The van der Waals surface area contributed by atoms with Gasteiger partial charge in [0.2, 0.25) is 0 Å². The molecule has 1 aromatic carbocycles. The van der Waals surface area contributed by atoms with E-state index in [4.69, 9.17) is 5.73 Å². The van der Waals surface area contributed by atoms with Gasteiger partial charge in [0.25, 0.3) is 5.91 Å². The lowest BCUT2D eigenvalue weighted by molar-refractivity contribution is -0.118. The lowest BCUT2D eigenvalue weighted by Gasteiger charge is -2.22. The second-order valence-electron chi connectivity index (χ2n) is 5.61. The van der Waals surface area contributed by atoms with Crippen molar-refractivity contribution in [3.8, 4) is 0 Å². The van der Waals surface area contributed by atoms with Crippen LogP contribution in [0.4, 0.5) is 4.79 Å². The summed E-state index contributed by atoms with van der Waals surface area (Å²) in [6.07, 6.45) is 1.76. The summed E-state index contributed by atoms with van der Waals surface area (Å²) >= 11 is 0. The Morgan fingerprint density at radius 2 is 2.18 bits per heavy atom. The van der Waals surface area contributed by atoms with Crippen LogP contribution in [0.15, 0.2) is 41.9 Å². The number of aryl methyl sites for hydroxylation is 2. The van der Waals surface area contributed by atoms with Crippen LogP contribution in [0.2, 0.25) is 0 Å². The van der Waals surface area contributed by atoms with Gasteiger partial charge in [0.15, 0.2) is 0 Å². The van der Waals surface area contributed by atoms with Crippen LogP contribution in [0.1, 0.15) is 29.2 Å². The molecule has 1 aromatic rings. The average molecular weight is 298 g/mol. The first kappa shape index (κ1) is 14.2. The Morgan fingerprint density at radius 3 is 2.95 bits per heavy atom. The Kier molecular flexibility index (Phi) is 3.36. The van der Waals surface area contributed by atoms with Crippen molar-refractivity contribution in [2.24, 2.45) is 5.73 Å². The summed E-state index contributed by atoms with van der Waals surface area (Å²) in [5.41, 5.74) is 9.79. The number of rotatable bonds is 2. The zero-order valence-corrected chi connectivity index (χ0v) is 12.3. The van der Waals surface area contributed by atoms with Gasteiger partial charge >= 0.3 is 6.03 Å². The van der Waals surface area contributed by atoms with Gasteiger partial charge in [0.05, 0.1) is 17.4 Å². The molecule has 5 N–H and O–H groups in total. The van der Waals surface area contributed by atoms with E-state index in [0.29, 0.717) is 0 Å². The molecule has 0 saturated carbocycles. The molecule has 0 fully saturated rings. The summed E-state index contributed by atoms with van der Waals surface area (Å²) in [6.45, 7) is 5.65. The predicted molar refractivity (Wildman–Crippen MR) is 82.4 cm³/mol. The highest BCUT2D eigenvalue weighted by Crippen LogP contribution is 2.32. The number of hydrogen-bond acceptors (Lipinski definition) is 3. The van der Waals surface area contributed by atoms with E-state index in [9.17, 15) is 9.59 Å². The van der Waals surface area contributed by atoms with Gasteiger partial charge in [-0.25, -0.2) is 4.79 Å². The molecule has 3 rings (SSSR count). The fourth-order valence-electron chi connectivity index (χ4n) is 2.85. The summed E-state index contributed by atoms with van der Waals surface area (Å²) in [7, 11) is 0. The van der Waals surface area contributed by atoms with E-state index < -0.39 is 11.9 Å². The van der Waals surface area contributed by atoms with Crippen molar-refractivity contribution in [1.29, 1.82) is 0 Å². The Hall–Kier alpha value is -2.76. The molecule has 0 spiro atoms. The van der Waals surface area contributed by atoms with E-state index in [-0.39, 0.29) is 23.1 Å². The van der Waals surface area contributed by atoms with Crippen LogP contribution in [-0.4, -0.2) is 11.9 Å². The first-order valence-electron chi connectivity index (χ1n) is 7.13. The zero-order valence-electron chi connectivity index (χ0n) is 12.3. The maximum atomic E-state index is 12.4. The van der Waals surface area contributed by atoms with E-state index in [1.807, 2.05) is 6.92 Å². The van der Waals surface area contributed by atoms with Crippen molar-refractivity contribution in [3.05, 3.63) is 58.6 Å². The Balaban J connectivity index is 1.82. The number of carbonyl (C=O) groups excluding carboxylic acids is 2. The van der Waals surface area contributed by atoms with Crippen molar-refractivity contribution < 1.29 is 9.59 Å². The minimum atomic E-state index is -0.507. The fraction of sp³-hybridized carbons (Fsp3) is 0.250. The van der Waals surface area contributed by atoms with Gasteiger partial charge < -0.3 is 21.7 Å². The van der Waals surface area contributed by atoms with Gasteiger partial charge in [0.1, 0.15) is 5.70 Å². The van der Waals surface area contributed by atoms with Crippen molar-refractivity contribution in [2.45, 2.75) is 25.8 Å². The van der Waals surface area contributed by atoms with Crippen molar-refractivity contribution in [3.63, 3.8) is 0 Å². The molecule has 114 valence electrons. The van der Waals surface area contributed by atoms with Crippen molar-refractivity contribution in [1.82, 2.24) is 16.0 Å². The largest absolute Gasteiger partial charge is 0.395 e. The van der Waals surface area contributed by atoms with Gasteiger partial charge in [-0.05, 0) is 30.9 Å². The molecule has 1 aliphatic carbocycles. The number of nitrogens with one attached hydrogen (secondary N) is 3. The van der Waals surface area contributed by atoms with E-state index in [0.717, 1.165) is 24.0 Å². The van der Waals surface area contributed by atoms with Crippen LogP contribution < -0.4 is 21.7 Å².